The molecule has 36 heavy (non-hydrogen) atoms. The molecular formula is C27H20F3NO5. The predicted octanol–water partition coefficient (Wildman–Crippen LogP) is 5.53. The Morgan fingerprint density at radius 1 is 1.03 bits per heavy atom. The lowest BCUT2D eigenvalue weighted by molar-refractivity contribution is -0.139. The molecule has 0 spiro atoms. The highest BCUT2D eigenvalue weighted by atomic mass is 19.2. The van der Waals surface area contributed by atoms with Crippen LogP contribution in [0.1, 0.15) is 28.8 Å². The normalized spacial score (nSPS) is 15.2. The fraction of sp³-hybridized carbons (Fsp3) is 0.185. The maximum Gasteiger partial charge on any atom is 0.345 e. The average Bonchev–Trinajstić information content (AvgIpc) is 3.59. The van der Waals surface area contributed by atoms with Crippen molar-refractivity contribution in [1.29, 1.82) is 0 Å². The summed E-state index contributed by atoms with van der Waals surface area (Å²) in [4.78, 5) is 24.4. The van der Waals surface area contributed by atoms with Gasteiger partial charge in [-0.15, -0.1) is 0 Å². The summed E-state index contributed by atoms with van der Waals surface area (Å²) in [5.41, 5.74) is 1.31. The summed E-state index contributed by atoms with van der Waals surface area (Å²) in [5, 5.41) is 2.94. The molecule has 9 heteroatoms. The number of ether oxygens (including phenoxy) is 2. The van der Waals surface area contributed by atoms with Crippen LogP contribution in [-0.2, 0) is 16.1 Å². The molecule has 1 aliphatic rings. The molecule has 1 fully saturated rings. The number of hydrogen-bond donors (Lipinski definition) is 1. The Labute approximate surface area is 203 Å². The number of nitrogens with one attached hydrogen (secondary N) is 1. The Balaban J connectivity index is 1.28. The van der Waals surface area contributed by atoms with Crippen LogP contribution in [0.2, 0.25) is 0 Å². The third kappa shape index (κ3) is 4.70. The van der Waals surface area contributed by atoms with Crippen LogP contribution in [0, 0.1) is 17.5 Å². The van der Waals surface area contributed by atoms with E-state index in [-0.39, 0.29) is 40.0 Å². The van der Waals surface area contributed by atoms with Crippen LogP contribution in [0.5, 0.6) is 5.75 Å². The first-order valence-electron chi connectivity index (χ1n) is 11.3. The van der Waals surface area contributed by atoms with Crippen LogP contribution in [0.3, 0.4) is 0 Å². The molecule has 0 saturated carbocycles. The minimum absolute atomic E-state index is 0.0367. The molecule has 1 aliphatic heterocycles. The van der Waals surface area contributed by atoms with Gasteiger partial charge in [-0.1, -0.05) is 18.2 Å². The van der Waals surface area contributed by atoms with Crippen molar-refractivity contribution in [1.82, 2.24) is 5.32 Å². The second-order valence-electron chi connectivity index (χ2n) is 8.38. The number of hydrogen-bond acceptors (Lipinski definition) is 6. The zero-order valence-corrected chi connectivity index (χ0v) is 18.9. The molecule has 3 aromatic carbocycles. The molecule has 1 atom stereocenters. The zero-order valence-electron chi connectivity index (χ0n) is 18.9. The van der Waals surface area contributed by atoms with Crippen molar-refractivity contribution in [3.05, 3.63) is 89.4 Å². The third-order valence-corrected chi connectivity index (χ3v) is 5.97. The second-order valence-corrected chi connectivity index (χ2v) is 8.38. The number of rotatable bonds is 6. The summed E-state index contributed by atoms with van der Waals surface area (Å²) in [7, 11) is 0. The molecule has 0 unspecified atom stereocenters. The molecule has 5 rings (SSSR count). The number of halogens is 3. The van der Waals surface area contributed by atoms with Gasteiger partial charge in [0, 0.05) is 5.56 Å². The first-order valence-corrected chi connectivity index (χ1v) is 11.3. The van der Waals surface area contributed by atoms with E-state index in [9.17, 15) is 22.8 Å². The standard InChI is InChI=1S/C27H20F3NO5/c28-20-12-16(19-13-21(29)24(30)18-8-10-34-25(18)19)6-7-23(20)35-14-15-3-1-4-17(11-15)26(32)36-27(33)22-5-2-9-31-22/h1,3-4,6-8,10-13,22,31H,2,5,9,14H2/t22-/m0/s1. The molecule has 4 aromatic rings. The Hall–Kier alpha value is -4.11. The Kier molecular flexibility index (Phi) is 6.47. The van der Waals surface area contributed by atoms with Gasteiger partial charge in [-0.2, -0.15) is 0 Å². The average molecular weight is 495 g/mol. The summed E-state index contributed by atoms with van der Waals surface area (Å²) in [5.74, 6) is -4.29. The Morgan fingerprint density at radius 2 is 1.89 bits per heavy atom. The molecule has 0 amide bonds. The van der Waals surface area contributed by atoms with E-state index in [2.05, 4.69) is 5.32 Å². The molecule has 0 aliphatic carbocycles. The van der Waals surface area contributed by atoms with E-state index in [1.54, 1.807) is 12.1 Å². The fourth-order valence-electron chi connectivity index (χ4n) is 4.13. The van der Waals surface area contributed by atoms with Crippen molar-refractivity contribution in [3.63, 3.8) is 0 Å². The second kappa shape index (κ2) is 9.87. The number of benzene rings is 3. The monoisotopic (exact) mass is 495 g/mol. The molecular weight excluding hydrogens is 475 g/mol. The maximum atomic E-state index is 14.8. The van der Waals surface area contributed by atoms with E-state index >= 15 is 0 Å². The van der Waals surface area contributed by atoms with Gasteiger partial charge in [0.15, 0.2) is 23.2 Å². The van der Waals surface area contributed by atoms with Crippen molar-refractivity contribution in [2.45, 2.75) is 25.5 Å². The number of carbonyl (C=O) groups excluding carboxylic acids is 2. The minimum atomic E-state index is -1.07. The van der Waals surface area contributed by atoms with E-state index in [0.29, 0.717) is 18.5 Å². The van der Waals surface area contributed by atoms with Crippen molar-refractivity contribution >= 4 is 22.9 Å². The number of esters is 2. The maximum absolute atomic E-state index is 14.8. The zero-order chi connectivity index (χ0) is 25.2. The quantitative estimate of drug-likeness (QED) is 0.280. The van der Waals surface area contributed by atoms with Crippen LogP contribution in [0.15, 0.2) is 65.3 Å². The summed E-state index contributed by atoms with van der Waals surface area (Å²) in [6.07, 6.45) is 2.69. The molecule has 1 saturated heterocycles. The lowest BCUT2D eigenvalue weighted by Crippen LogP contribution is -2.33. The molecule has 0 radical (unpaired) electrons. The SMILES string of the molecule is O=C(OC(=O)[C@@H]1CCCN1)c1cccc(COc2ccc(-c3cc(F)c(F)c4ccoc34)cc2F)c1. The highest BCUT2D eigenvalue weighted by molar-refractivity contribution is 5.98. The van der Waals surface area contributed by atoms with Gasteiger partial charge in [-0.05, 0) is 66.9 Å². The summed E-state index contributed by atoms with van der Waals surface area (Å²) >= 11 is 0. The van der Waals surface area contributed by atoms with Crippen LogP contribution in [0.4, 0.5) is 13.2 Å². The first kappa shape index (κ1) is 23.6. The molecule has 184 valence electrons. The van der Waals surface area contributed by atoms with Gasteiger partial charge >= 0.3 is 11.9 Å². The third-order valence-electron chi connectivity index (χ3n) is 5.97. The van der Waals surface area contributed by atoms with Crippen LogP contribution >= 0.6 is 0 Å². The molecule has 0 bridgehead atoms. The number of furan rings is 1. The van der Waals surface area contributed by atoms with E-state index in [1.165, 1.54) is 36.6 Å². The van der Waals surface area contributed by atoms with Crippen molar-refractivity contribution in [3.8, 4) is 16.9 Å². The van der Waals surface area contributed by atoms with Crippen molar-refractivity contribution in [2.75, 3.05) is 6.54 Å². The van der Waals surface area contributed by atoms with Gasteiger partial charge in [0.1, 0.15) is 18.2 Å². The highest BCUT2D eigenvalue weighted by Crippen LogP contribution is 2.34. The van der Waals surface area contributed by atoms with E-state index in [0.717, 1.165) is 18.6 Å². The summed E-state index contributed by atoms with van der Waals surface area (Å²) < 4.78 is 58.6. The van der Waals surface area contributed by atoms with Gasteiger partial charge in [-0.3, -0.25) is 0 Å². The predicted molar refractivity (Wildman–Crippen MR) is 124 cm³/mol. The van der Waals surface area contributed by atoms with Crippen molar-refractivity contribution in [2.24, 2.45) is 0 Å². The van der Waals surface area contributed by atoms with Gasteiger partial charge < -0.3 is 19.2 Å². The Morgan fingerprint density at radius 3 is 2.67 bits per heavy atom. The lowest BCUT2D eigenvalue weighted by Gasteiger charge is -2.11. The number of fused-ring (bicyclic) bond motifs is 1. The van der Waals surface area contributed by atoms with Crippen LogP contribution in [0.25, 0.3) is 22.1 Å². The highest BCUT2D eigenvalue weighted by Gasteiger charge is 2.26. The first-order chi connectivity index (χ1) is 17.4. The molecule has 1 N–H and O–H groups in total. The van der Waals surface area contributed by atoms with Gasteiger partial charge in [0.05, 0.1) is 17.2 Å². The molecule has 6 nitrogen and oxygen atoms in total. The van der Waals surface area contributed by atoms with Crippen LogP contribution < -0.4 is 10.1 Å². The minimum Gasteiger partial charge on any atom is -0.486 e. The summed E-state index contributed by atoms with van der Waals surface area (Å²) in [6.45, 7) is 0.634. The fourth-order valence-corrected chi connectivity index (χ4v) is 4.13. The topological polar surface area (TPSA) is 77.8 Å². The van der Waals surface area contributed by atoms with E-state index in [1.807, 2.05) is 0 Å². The van der Waals surface area contributed by atoms with Crippen LogP contribution in [-0.4, -0.2) is 24.5 Å². The largest absolute Gasteiger partial charge is 0.486 e. The van der Waals surface area contributed by atoms with Gasteiger partial charge in [0.2, 0.25) is 0 Å². The number of carbonyl (C=O) groups is 2. The van der Waals surface area contributed by atoms with Crippen molar-refractivity contribution < 1.29 is 36.7 Å². The summed E-state index contributed by atoms with van der Waals surface area (Å²) in [6, 6.07) is 12.1. The van der Waals surface area contributed by atoms with E-state index < -0.39 is 35.4 Å². The smallest absolute Gasteiger partial charge is 0.345 e. The van der Waals surface area contributed by atoms with E-state index in [4.69, 9.17) is 13.9 Å². The Bertz CT molecular complexity index is 1460. The van der Waals surface area contributed by atoms with Gasteiger partial charge in [-0.25, -0.2) is 22.8 Å². The molecule has 2 heterocycles. The molecule has 1 aromatic heterocycles. The lowest BCUT2D eigenvalue weighted by atomic mass is 10.0. The van der Waals surface area contributed by atoms with Gasteiger partial charge in [0.25, 0.3) is 0 Å².